The Labute approximate surface area is 232 Å². The van der Waals surface area contributed by atoms with Gasteiger partial charge in [-0.3, -0.25) is 9.97 Å². The van der Waals surface area contributed by atoms with Gasteiger partial charge in [0.25, 0.3) is 0 Å². The van der Waals surface area contributed by atoms with Gasteiger partial charge in [-0.2, -0.15) is 69.8 Å². The monoisotopic (exact) mass is 690 g/mol. The summed E-state index contributed by atoms with van der Waals surface area (Å²) >= 11 is 0. The molecular formula is C28H30AuClN2O4. The molecule has 8 heteroatoms. The molecule has 2 aromatic carbocycles. The predicted molar refractivity (Wildman–Crippen MR) is 126 cm³/mol. The van der Waals surface area contributed by atoms with E-state index in [9.17, 15) is 0 Å². The van der Waals surface area contributed by atoms with Crippen LogP contribution in [0.25, 0.3) is 11.4 Å². The Morgan fingerprint density at radius 3 is 1.03 bits per heavy atom. The summed E-state index contributed by atoms with van der Waals surface area (Å²) in [4.78, 5) is 8.37. The second-order valence-corrected chi connectivity index (χ2v) is 8.61. The Kier molecular flexibility index (Phi) is 16.0. The Morgan fingerprint density at radius 2 is 0.833 bits per heavy atom. The van der Waals surface area contributed by atoms with Gasteiger partial charge in [0.15, 0.2) is 0 Å². The minimum absolute atomic E-state index is 0. The van der Waals surface area contributed by atoms with E-state index in [1.54, 1.807) is 12.4 Å². The number of aromatic nitrogens is 2. The van der Waals surface area contributed by atoms with Crippen molar-refractivity contribution in [2.24, 2.45) is 0 Å². The molecule has 0 aliphatic heterocycles. The van der Waals surface area contributed by atoms with E-state index < -0.39 is 10.2 Å². The summed E-state index contributed by atoms with van der Waals surface area (Å²) in [5.41, 5.74) is 9.39. The Hall–Kier alpha value is -2.39. The van der Waals surface area contributed by atoms with Crippen LogP contribution in [0.5, 0.6) is 0 Å². The number of aryl methyl sites for hydroxylation is 6. The van der Waals surface area contributed by atoms with Gasteiger partial charge < -0.3 is 0 Å². The van der Waals surface area contributed by atoms with Crippen LogP contribution in [0, 0.1) is 63.9 Å². The van der Waals surface area contributed by atoms with E-state index in [0.717, 1.165) is 11.4 Å². The topological polar surface area (TPSA) is 118 Å². The number of hydrogen-bond acceptors (Lipinski definition) is 6. The van der Waals surface area contributed by atoms with Gasteiger partial charge in [-0.25, -0.2) is 18.6 Å². The van der Waals surface area contributed by atoms with Crippen molar-refractivity contribution in [2.45, 2.75) is 41.5 Å². The zero-order chi connectivity index (χ0) is 26.4. The molecule has 194 valence electrons. The quantitative estimate of drug-likeness (QED) is 0.223. The number of halogens is 1. The predicted octanol–water partition coefficient (Wildman–Crippen LogP) is 2.21. The molecule has 2 heterocycles. The number of benzene rings is 2. The SMILES string of the molecule is Cc1[c-]c(C)cc(C)c1.Cc1[c-]c(C)cc(C)c1.[Au+3].[O-][Cl+3]([O-])([O-])[O-].c1ccc(-c2ccccn2)nc1. The van der Waals surface area contributed by atoms with E-state index in [2.05, 4.69) is 87.9 Å². The van der Waals surface area contributed by atoms with Crippen LogP contribution in [-0.4, -0.2) is 9.97 Å². The second-order valence-electron chi connectivity index (χ2n) is 7.86. The summed E-state index contributed by atoms with van der Waals surface area (Å²) < 4.78 is 34.0. The van der Waals surface area contributed by atoms with Crippen molar-refractivity contribution in [2.75, 3.05) is 0 Å². The number of pyridine rings is 2. The van der Waals surface area contributed by atoms with Gasteiger partial charge in [0.05, 0.1) is 11.4 Å². The Balaban J connectivity index is 0.000000468. The molecule has 0 unspecified atom stereocenters. The zero-order valence-electron chi connectivity index (χ0n) is 21.1. The summed E-state index contributed by atoms with van der Waals surface area (Å²) in [6.07, 6.45) is 3.54. The summed E-state index contributed by atoms with van der Waals surface area (Å²) in [7, 11) is -4.94. The van der Waals surface area contributed by atoms with Crippen molar-refractivity contribution in [3.63, 3.8) is 0 Å². The van der Waals surface area contributed by atoms with Gasteiger partial charge in [0.2, 0.25) is 0 Å². The first-order valence-corrected chi connectivity index (χ1v) is 12.0. The van der Waals surface area contributed by atoms with Crippen molar-refractivity contribution < 1.29 is 51.3 Å². The van der Waals surface area contributed by atoms with E-state index in [4.69, 9.17) is 18.6 Å². The summed E-state index contributed by atoms with van der Waals surface area (Å²) in [5.74, 6) is 0. The molecule has 0 radical (unpaired) electrons. The Bertz CT molecular complexity index is 961. The van der Waals surface area contributed by atoms with Crippen molar-refractivity contribution in [3.05, 3.63) is 119 Å². The molecule has 0 bridgehead atoms. The third-order valence-electron chi connectivity index (χ3n) is 4.16. The minimum atomic E-state index is -4.94. The number of nitrogens with zero attached hydrogens (tertiary/aromatic N) is 2. The van der Waals surface area contributed by atoms with Crippen molar-refractivity contribution >= 4 is 0 Å². The maximum Gasteiger partial charge on any atom is 3.00 e. The first-order chi connectivity index (χ1) is 16.3. The number of hydrogen-bond donors (Lipinski definition) is 0. The van der Waals surface area contributed by atoms with E-state index in [0.29, 0.717) is 0 Å². The van der Waals surface area contributed by atoms with E-state index in [1.807, 2.05) is 36.4 Å². The van der Waals surface area contributed by atoms with E-state index >= 15 is 0 Å². The van der Waals surface area contributed by atoms with Crippen LogP contribution in [0.15, 0.2) is 73.1 Å². The maximum atomic E-state index is 8.49. The molecule has 0 aliphatic rings. The molecule has 0 aliphatic carbocycles. The molecule has 0 saturated heterocycles. The normalized spacial score (nSPS) is 9.72. The average Bonchev–Trinajstić information content (AvgIpc) is 2.73. The van der Waals surface area contributed by atoms with E-state index in [1.165, 1.54) is 33.4 Å². The Morgan fingerprint density at radius 1 is 0.556 bits per heavy atom. The fourth-order valence-electron chi connectivity index (χ4n) is 3.24. The van der Waals surface area contributed by atoms with Crippen LogP contribution >= 0.6 is 0 Å². The van der Waals surface area contributed by atoms with Crippen molar-refractivity contribution in [1.29, 1.82) is 0 Å². The first kappa shape index (κ1) is 33.6. The molecule has 4 aromatic rings. The van der Waals surface area contributed by atoms with Gasteiger partial charge in [0, 0.05) is 12.4 Å². The van der Waals surface area contributed by atoms with Crippen LogP contribution in [0.3, 0.4) is 0 Å². The van der Waals surface area contributed by atoms with Gasteiger partial charge in [-0.15, -0.1) is 10.2 Å². The largest absolute Gasteiger partial charge is 3.00 e. The molecule has 36 heavy (non-hydrogen) atoms. The molecule has 0 N–H and O–H groups in total. The average molecular weight is 691 g/mol. The molecule has 0 saturated carbocycles. The molecule has 0 spiro atoms. The van der Waals surface area contributed by atoms with Crippen LogP contribution < -0.4 is 18.6 Å². The van der Waals surface area contributed by atoms with Crippen LogP contribution in [0.1, 0.15) is 33.4 Å². The van der Waals surface area contributed by atoms with Gasteiger partial charge in [-0.1, -0.05) is 53.7 Å². The summed E-state index contributed by atoms with van der Waals surface area (Å²) in [5, 5.41) is 0. The molecule has 0 fully saturated rings. The molecule has 2 aromatic heterocycles. The number of rotatable bonds is 1. The van der Waals surface area contributed by atoms with Crippen LogP contribution in [-0.2, 0) is 22.4 Å². The standard InChI is InChI=1S/C10H8N2.2C9H11.Au.ClHO4/c1-3-7-11-9(5-1)10-6-2-4-8-12-10;2*1-7-4-8(2)6-9(3)5-7;;2-1(3,4)5/h1-8H;2*4-5H,1-3H3;;(H,2,3,4,5)/q;2*-1;+3;/p-1. The van der Waals surface area contributed by atoms with Crippen LogP contribution in [0.2, 0.25) is 0 Å². The molecule has 0 amide bonds. The van der Waals surface area contributed by atoms with Gasteiger partial charge in [-0.05, 0) is 24.3 Å². The zero-order valence-corrected chi connectivity index (χ0v) is 24.1. The fraction of sp³-hybridized carbons (Fsp3) is 0.214. The summed E-state index contributed by atoms with van der Waals surface area (Å²) in [6.45, 7) is 12.5. The minimum Gasteiger partial charge on any atom is -0.255 e. The van der Waals surface area contributed by atoms with Gasteiger partial charge >= 0.3 is 22.4 Å². The third kappa shape index (κ3) is 17.1. The molecule has 0 atom stereocenters. The van der Waals surface area contributed by atoms with Crippen molar-refractivity contribution in [3.8, 4) is 11.4 Å². The fourth-order valence-corrected chi connectivity index (χ4v) is 3.24. The van der Waals surface area contributed by atoms with Gasteiger partial charge in [0.1, 0.15) is 0 Å². The van der Waals surface area contributed by atoms with E-state index in [-0.39, 0.29) is 22.4 Å². The molecule has 6 nitrogen and oxygen atoms in total. The van der Waals surface area contributed by atoms with Crippen molar-refractivity contribution in [1.82, 2.24) is 9.97 Å². The second kappa shape index (κ2) is 17.1. The third-order valence-corrected chi connectivity index (χ3v) is 4.16. The first-order valence-electron chi connectivity index (χ1n) is 10.7. The maximum absolute atomic E-state index is 8.49. The molecule has 4 rings (SSSR count). The van der Waals surface area contributed by atoms with Crippen LogP contribution in [0.4, 0.5) is 0 Å². The smallest absolute Gasteiger partial charge is 0.255 e. The molecular weight excluding hydrogens is 661 g/mol. The summed E-state index contributed by atoms with van der Waals surface area (Å²) in [6, 6.07) is 26.5.